The second-order valence-electron chi connectivity index (χ2n) is 5.42. The molecule has 0 spiro atoms. The van der Waals surface area contributed by atoms with Crippen molar-refractivity contribution >= 4 is 12.4 Å². The molecule has 1 rings (SSSR count). The van der Waals surface area contributed by atoms with Crippen LogP contribution in [0, 0.1) is 5.41 Å². The van der Waals surface area contributed by atoms with Crippen LogP contribution in [0.3, 0.4) is 0 Å². The zero-order valence-electron chi connectivity index (χ0n) is 11.7. The molecule has 9 heteroatoms. The molecule has 0 saturated carbocycles. The Balaban J connectivity index is 0.00000441. The van der Waals surface area contributed by atoms with E-state index in [0.29, 0.717) is 18.2 Å². The van der Waals surface area contributed by atoms with E-state index in [9.17, 15) is 26.3 Å². The van der Waals surface area contributed by atoms with E-state index < -0.39 is 47.1 Å². The van der Waals surface area contributed by atoms with E-state index in [1.54, 1.807) is 0 Å². The zero-order valence-corrected chi connectivity index (χ0v) is 12.5. The van der Waals surface area contributed by atoms with Crippen molar-refractivity contribution in [2.75, 3.05) is 6.61 Å². The molecule has 0 radical (unpaired) electrons. The minimum absolute atomic E-state index is 0. The Hall–Kier alpha value is -0.990. The van der Waals surface area contributed by atoms with Crippen molar-refractivity contribution in [1.29, 1.82) is 0 Å². The summed E-state index contributed by atoms with van der Waals surface area (Å²) in [5.74, 6) is 0. The van der Waals surface area contributed by atoms with Gasteiger partial charge < -0.3 is 10.8 Å². The Morgan fingerprint density at radius 3 is 1.91 bits per heavy atom. The number of hydrogen-bond donors (Lipinski definition) is 2. The van der Waals surface area contributed by atoms with Gasteiger partial charge in [-0.1, -0.05) is 13.8 Å². The number of hydrogen-bond acceptors (Lipinski definition) is 2. The molecule has 0 aromatic heterocycles. The molecule has 0 unspecified atom stereocenters. The predicted molar refractivity (Wildman–Crippen MR) is 71.5 cm³/mol. The Kier molecular flexibility index (Phi) is 6.34. The highest BCUT2D eigenvalue weighted by Crippen LogP contribution is 2.42. The number of aliphatic hydroxyl groups is 1. The normalized spacial score (nSPS) is 14.5. The van der Waals surface area contributed by atoms with Gasteiger partial charge in [-0.05, 0) is 23.8 Å². The average Bonchev–Trinajstić information content (AvgIpc) is 2.35. The van der Waals surface area contributed by atoms with Crippen molar-refractivity contribution in [3.63, 3.8) is 0 Å². The largest absolute Gasteiger partial charge is 0.416 e. The molecule has 0 bridgehead atoms. The highest BCUT2D eigenvalue weighted by molar-refractivity contribution is 5.85. The number of rotatable bonds is 3. The van der Waals surface area contributed by atoms with Crippen molar-refractivity contribution in [3.05, 3.63) is 34.9 Å². The van der Waals surface area contributed by atoms with E-state index in [2.05, 4.69) is 0 Å². The maximum atomic E-state index is 12.9. The summed E-state index contributed by atoms with van der Waals surface area (Å²) < 4.78 is 76.8. The summed E-state index contributed by atoms with van der Waals surface area (Å²) in [4.78, 5) is 0. The smallest absolute Gasteiger partial charge is 0.396 e. The maximum Gasteiger partial charge on any atom is 0.416 e. The summed E-state index contributed by atoms with van der Waals surface area (Å²) in [5.41, 5.74) is 1.33. The van der Waals surface area contributed by atoms with Crippen LogP contribution in [0.1, 0.15) is 36.6 Å². The molecule has 0 amide bonds. The van der Waals surface area contributed by atoms with Gasteiger partial charge in [0, 0.05) is 18.1 Å². The van der Waals surface area contributed by atoms with Gasteiger partial charge in [0.05, 0.1) is 11.1 Å². The predicted octanol–water partition coefficient (Wildman–Crippen LogP) is 4.16. The topological polar surface area (TPSA) is 46.2 Å². The maximum absolute atomic E-state index is 12.9. The molecule has 0 aliphatic rings. The van der Waals surface area contributed by atoms with Crippen LogP contribution in [0.4, 0.5) is 26.3 Å². The van der Waals surface area contributed by atoms with E-state index in [4.69, 9.17) is 10.8 Å². The summed E-state index contributed by atoms with van der Waals surface area (Å²) in [7, 11) is 0. The second kappa shape index (κ2) is 6.64. The minimum Gasteiger partial charge on any atom is -0.396 e. The first kappa shape index (κ1) is 21.0. The van der Waals surface area contributed by atoms with Crippen LogP contribution in [0.5, 0.6) is 0 Å². The van der Waals surface area contributed by atoms with Crippen molar-refractivity contribution in [2.24, 2.45) is 11.1 Å². The second-order valence-corrected chi connectivity index (χ2v) is 5.42. The lowest BCUT2D eigenvalue weighted by atomic mass is 9.79. The molecule has 22 heavy (non-hydrogen) atoms. The van der Waals surface area contributed by atoms with Gasteiger partial charge in [-0.3, -0.25) is 0 Å². The van der Waals surface area contributed by atoms with Crippen molar-refractivity contribution in [3.8, 4) is 0 Å². The summed E-state index contributed by atoms with van der Waals surface area (Å²) in [6, 6.07) is -0.275. The molecule has 0 aliphatic carbocycles. The van der Waals surface area contributed by atoms with Crippen molar-refractivity contribution < 1.29 is 31.4 Å². The molecule has 0 saturated heterocycles. The molecule has 0 fully saturated rings. The van der Waals surface area contributed by atoms with Gasteiger partial charge in [0.15, 0.2) is 0 Å². The fraction of sp³-hybridized carbons (Fsp3) is 0.538. The Labute approximate surface area is 129 Å². The fourth-order valence-electron chi connectivity index (χ4n) is 1.77. The van der Waals surface area contributed by atoms with E-state index in [1.165, 1.54) is 13.8 Å². The van der Waals surface area contributed by atoms with Gasteiger partial charge in [-0.2, -0.15) is 26.3 Å². The van der Waals surface area contributed by atoms with E-state index >= 15 is 0 Å². The van der Waals surface area contributed by atoms with Gasteiger partial charge in [-0.25, -0.2) is 0 Å². The van der Waals surface area contributed by atoms with Crippen LogP contribution in [0.25, 0.3) is 0 Å². The number of halogens is 7. The van der Waals surface area contributed by atoms with Crippen LogP contribution in [0.2, 0.25) is 0 Å². The Morgan fingerprint density at radius 1 is 1.05 bits per heavy atom. The standard InChI is InChI=1S/C13H15F6NO.ClH/c1-11(2,6-21)10(20)8-5-7(12(14,15)16)3-4-9(8)13(17,18)19;/h3-5,10,21H,6,20H2,1-2H3;1H/t10-;/m0./s1. The summed E-state index contributed by atoms with van der Waals surface area (Å²) in [5, 5.41) is 9.17. The van der Waals surface area contributed by atoms with Crippen molar-refractivity contribution in [1.82, 2.24) is 0 Å². The molecule has 1 atom stereocenters. The fourth-order valence-corrected chi connectivity index (χ4v) is 1.77. The number of alkyl halides is 6. The molecule has 0 heterocycles. The van der Waals surface area contributed by atoms with E-state index in [1.807, 2.05) is 0 Å². The first-order chi connectivity index (χ1) is 9.30. The lowest BCUT2D eigenvalue weighted by Gasteiger charge is -2.32. The van der Waals surface area contributed by atoms with Crippen LogP contribution < -0.4 is 5.73 Å². The van der Waals surface area contributed by atoms with Crippen molar-refractivity contribution in [2.45, 2.75) is 32.2 Å². The van der Waals surface area contributed by atoms with Crippen LogP contribution >= 0.6 is 12.4 Å². The number of aliphatic hydroxyl groups excluding tert-OH is 1. The summed E-state index contributed by atoms with van der Waals surface area (Å²) in [6.07, 6.45) is -9.61. The van der Waals surface area contributed by atoms with Gasteiger partial charge in [-0.15, -0.1) is 12.4 Å². The van der Waals surface area contributed by atoms with Gasteiger partial charge >= 0.3 is 12.4 Å². The first-order valence-electron chi connectivity index (χ1n) is 5.95. The molecule has 3 N–H and O–H groups in total. The minimum atomic E-state index is -4.83. The van der Waals surface area contributed by atoms with Gasteiger partial charge in [0.2, 0.25) is 0 Å². The Bertz CT molecular complexity index is 512. The van der Waals surface area contributed by atoms with Crippen LogP contribution in [-0.2, 0) is 12.4 Å². The molecule has 128 valence electrons. The highest BCUT2D eigenvalue weighted by Gasteiger charge is 2.40. The third kappa shape index (κ3) is 4.50. The third-order valence-corrected chi connectivity index (χ3v) is 3.27. The lowest BCUT2D eigenvalue weighted by molar-refractivity contribution is -0.142. The quantitative estimate of drug-likeness (QED) is 0.803. The zero-order chi connectivity index (χ0) is 16.6. The molecule has 1 aromatic rings. The van der Waals surface area contributed by atoms with Crippen LogP contribution in [-0.4, -0.2) is 11.7 Å². The number of nitrogens with two attached hydrogens (primary N) is 1. The molecule has 0 aliphatic heterocycles. The monoisotopic (exact) mass is 351 g/mol. The number of benzene rings is 1. The van der Waals surface area contributed by atoms with Gasteiger partial charge in [0.25, 0.3) is 0 Å². The lowest BCUT2D eigenvalue weighted by Crippen LogP contribution is -2.34. The molecule has 1 aromatic carbocycles. The molecular weight excluding hydrogens is 336 g/mol. The van der Waals surface area contributed by atoms with Crippen LogP contribution in [0.15, 0.2) is 18.2 Å². The Morgan fingerprint density at radius 2 is 1.55 bits per heavy atom. The first-order valence-corrected chi connectivity index (χ1v) is 5.95. The average molecular weight is 352 g/mol. The SMILES string of the molecule is CC(C)(CO)[C@@H](N)c1cc(C(F)(F)F)ccc1C(F)(F)F.Cl. The van der Waals surface area contributed by atoms with Gasteiger partial charge in [0.1, 0.15) is 0 Å². The molecular formula is C13H16ClF6NO. The van der Waals surface area contributed by atoms with E-state index in [-0.39, 0.29) is 12.4 Å². The molecule has 2 nitrogen and oxygen atoms in total. The summed E-state index contributed by atoms with van der Waals surface area (Å²) >= 11 is 0. The highest BCUT2D eigenvalue weighted by atomic mass is 35.5. The van der Waals surface area contributed by atoms with E-state index in [0.717, 1.165) is 0 Å². The summed E-state index contributed by atoms with van der Waals surface area (Å²) in [6.45, 7) is 2.18. The third-order valence-electron chi connectivity index (χ3n) is 3.27.